The van der Waals surface area contributed by atoms with Crippen LogP contribution in [0.1, 0.15) is 12.5 Å². The fourth-order valence-electron chi connectivity index (χ4n) is 2.59. The highest BCUT2D eigenvalue weighted by Gasteiger charge is 2.44. The van der Waals surface area contributed by atoms with Crippen LogP contribution >= 0.6 is 0 Å². The molecule has 1 heterocycles. The fourth-order valence-corrected chi connectivity index (χ4v) is 4.17. The molecule has 0 aromatic heterocycles. The van der Waals surface area contributed by atoms with Gasteiger partial charge in [-0.15, -0.1) is 13.2 Å². The summed E-state index contributed by atoms with van der Waals surface area (Å²) in [6.45, 7) is 12.5. The summed E-state index contributed by atoms with van der Waals surface area (Å²) in [5.41, 5.74) is 0.796. The van der Waals surface area contributed by atoms with Gasteiger partial charge in [0.25, 0.3) is 0 Å². The first-order chi connectivity index (χ1) is 9.33. The van der Waals surface area contributed by atoms with Crippen molar-refractivity contribution in [3.8, 4) is 0 Å². The van der Waals surface area contributed by atoms with Crippen molar-refractivity contribution in [2.45, 2.75) is 18.7 Å². The summed E-state index contributed by atoms with van der Waals surface area (Å²) < 4.78 is 26.9. The number of aryl methyl sites for hydroxylation is 1. The van der Waals surface area contributed by atoms with Crippen LogP contribution in [-0.2, 0) is 10.0 Å². The second kappa shape index (κ2) is 5.19. The molecule has 1 aromatic rings. The third kappa shape index (κ3) is 2.45. The fraction of sp³-hybridized carbons (Fsp3) is 0.375. The quantitative estimate of drug-likeness (QED) is 0.800. The van der Waals surface area contributed by atoms with Gasteiger partial charge in [-0.05, 0) is 19.1 Å². The predicted molar refractivity (Wildman–Crippen MR) is 81.9 cm³/mol. The van der Waals surface area contributed by atoms with E-state index in [4.69, 9.17) is 0 Å². The minimum absolute atomic E-state index is 0.0974. The Morgan fingerprint density at radius 1 is 1.30 bits per heavy atom. The number of nitrogens with zero attached hydrogens (tertiary/aromatic N) is 1. The van der Waals surface area contributed by atoms with E-state index in [2.05, 4.69) is 13.2 Å². The molecular weight excluding hydrogens is 270 g/mol. The van der Waals surface area contributed by atoms with Crippen LogP contribution in [0.15, 0.2) is 54.5 Å². The highest BCUT2D eigenvalue weighted by Crippen LogP contribution is 2.39. The summed E-state index contributed by atoms with van der Waals surface area (Å²) in [6.07, 6.45) is 3.66. The van der Waals surface area contributed by atoms with Crippen molar-refractivity contribution in [2.24, 2.45) is 11.3 Å². The van der Waals surface area contributed by atoms with Crippen LogP contribution in [0, 0.1) is 18.3 Å². The zero-order chi connectivity index (χ0) is 15.0. The van der Waals surface area contributed by atoms with Gasteiger partial charge in [-0.25, -0.2) is 8.42 Å². The average Bonchev–Trinajstić information content (AvgIpc) is 2.78. The van der Waals surface area contributed by atoms with Gasteiger partial charge in [-0.3, -0.25) is 0 Å². The van der Waals surface area contributed by atoms with Crippen molar-refractivity contribution in [3.63, 3.8) is 0 Å². The van der Waals surface area contributed by atoms with Gasteiger partial charge in [0.2, 0.25) is 10.0 Å². The van der Waals surface area contributed by atoms with E-state index in [1.165, 1.54) is 4.31 Å². The van der Waals surface area contributed by atoms with E-state index in [-0.39, 0.29) is 11.3 Å². The molecule has 2 rings (SSSR count). The van der Waals surface area contributed by atoms with Crippen LogP contribution in [0.2, 0.25) is 0 Å². The van der Waals surface area contributed by atoms with Crippen molar-refractivity contribution in [3.05, 3.63) is 55.1 Å². The van der Waals surface area contributed by atoms with Crippen molar-refractivity contribution < 1.29 is 8.42 Å². The molecule has 1 fully saturated rings. The Bertz CT molecular complexity index is 618. The third-order valence-corrected chi connectivity index (χ3v) is 6.00. The Hall–Kier alpha value is -1.39. The van der Waals surface area contributed by atoms with Crippen molar-refractivity contribution >= 4 is 10.0 Å². The summed E-state index contributed by atoms with van der Waals surface area (Å²) in [6, 6.07) is 6.97. The lowest BCUT2D eigenvalue weighted by molar-refractivity contribution is 0.386. The second-order valence-corrected chi connectivity index (χ2v) is 7.60. The summed E-state index contributed by atoms with van der Waals surface area (Å²) in [4.78, 5) is 0.347. The van der Waals surface area contributed by atoms with E-state index in [1.54, 1.807) is 12.1 Å². The van der Waals surface area contributed by atoms with Crippen molar-refractivity contribution in [1.29, 1.82) is 0 Å². The molecule has 0 amide bonds. The molecule has 0 spiro atoms. The van der Waals surface area contributed by atoms with Gasteiger partial charge in [-0.2, -0.15) is 4.31 Å². The molecule has 1 aliphatic rings. The third-order valence-electron chi connectivity index (χ3n) is 4.17. The molecule has 1 saturated heterocycles. The van der Waals surface area contributed by atoms with Gasteiger partial charge in [0, 0.05) is 24.4 Å². The minimum Gasteiger partial charge on any atom is -0.207 e. The van der Waals surface area contributed by atoms with E-state index < -0.39 is 10.0 Å². The smallest absolute Gasteiger partial charge is 0.207 e. The highest BCUT2D eigenvalue weighted by molar-refractivity contribution is 7.89. The van der Waals surface area contributed by atoms with Crippen molar-refractivity contribution in [1.82, 2.24) is 4.31 Å². The molecule has 1 aromatic carbocycles. The lowest BCUT2D eigenvalue weighted by Gasteiger charge is -2.24. The molecule has 3 nitrogen and oxygen atoms in total. The first-order valence-corrected chi connectivity index (χ1v) is 8.10. The number of hydrogen-bond donors (Lipinski definition) is 0. The van der Waals surface area contributed by atoms with E-state index in [0.29, 0.717) is 18.0 Å². The largest absolute Gasteiger partial charge is 0.243 e. The van der Waals surface area contributed by atoms with Crippen LogP contribution < -0.4 is 0 Å². The zero-order valence-electron chi connectivity index (χ0n) is 12.0. The van der Waals surface area contributed by atoms with Gasteiger partial charge >= 0.3 is 0 Å². The number of benzene rings is 1. The normalized spacial score (nSPS) is 27.4. The van der Waals surface area contributed by atoms with E-state index in [0.717, 1.165) is 5.56 Å². The molecule has 0 saturated carbocycles. The first kappa shape index (κ1) is 15.0. The van der Waals surface area contributed by atoms with E-state index >= 15 is 0 Å². The Kier molecular flexibility index (Phi) is 3.89. The summed E-state index contributed by atoms with van der Waals surface area (Å²) in [5, 5.41) is 0. The van der Waals surface area contributed by atoms with Gasteiger partial charge < -0.3 is 0 Å². The molecule has 4 heteroatoms. The second-order valence-electron chi connectivity index (χ2n) is 5.66. The number of hydrogen-bond acceptors (Lipinski definition) is 2. The molecular formula is C16H21NO2S. The van der Waals surface area contributed by atoms with Gasteiger partial charge in [0.1, 0.15) is 0 Å². The lowest BCUT2D eigenvalue weighted by atomic mass is 9.80. The molecule has 0 bridgehead atoms. The molecule has 1 aliphatic heterocycles. The molecule has 0 unspecified atom stereocenters. The summed E-state index contributed by atoms with van der Waals surface area (Å²) in [7, 11) is -3.44. The number of sulfonamides is 1. The summed E-state index contributed by atoms with van der Waals surface area (Å²) in [5.74, 6) is 0.0974. The van der Waals surface area contributed by atoms with Gasteiger partial charge in [0.05, 0.1) is 4.90 Å². The first-order valence-electron chi connectivity index (χ1n) is 6.66. The molecule has 0 N–H and O–H groups in total. The summed E-state index contributed by atoms with van der Waals surface area (Å²) >= 11 is 0. The molecule has 0 radical (unpaired) electrons. The predicted octanol–water partition coefficient (Wildman–Crippen LogP) is 2.99. The lowest BCUT2D eigenvalue weighted by Crippen LogP contribution is -2.30. The Labute approximate surface area is 121 Å². The topological polar surface area (TPSA) is 37.4 Å². The van der Waals surface area contributed by atoms with Crippen LogP contribution in [0.25, 0.3) is 0 Å². The van der Waals surface area contributed by atoms with Crippen LogP contribution in [-0.4, -0.2) is 25.8 Å². The highest BCUT2D eigenvalue weighted by atomic mass is 32.2. The Morgan fingerprint density at radius 2 is 1.90 bits per heavy atom. The van der Waals surface area contributed by atoms with E-state index in [1.807, 2.05) is 38.1 Å². The molecule has 108 valence electrons. The molecule has 20 heavy (non-hydrogen) atoms. The average molecular weight is 291 g/mol. The monoisotopic (exact) mass is 291 g/mol. The Balaban J connectivity index is 2.35. The zero-order valence-corrected chi connectivity index (χ0v) is 12.9. The minimum atomic E-state index is -3.44. The van der Waals surface area contributed by atoms with Crippen LogP contribution in [0.3, 0.4) is 0 Å². The maximum absolute atomic E-state index is 12.7. The van der Waals surface area contributed by atoms with Gasteiger partial charge in [0.15, 0.2) is 0 Å². The number of rotatable bonds is 4. The standard InChI is InChI=1S/C16H21NO2S/c1-5-14-11-17(12-16(14,4)6-2)20(18,19)15-9-7-13(3)8-10-15/h5-10,14H,1-2,11-12H2,3-4H3/t14-,16+/m1/s1. The maximum Gasteiger partial charge on any atom is 0.243 e. The SMILES string of the molecule is C=C[C@@H]1CN(S(=O)(=O)c2ccc(C)cc2)C[C@]1(C)C=C. The maximum atomic E-state index is 12.7. The molecule has 2 atom stereocenters. The van der Waals surface area contributed by atoms with E-state index in [9.17, 15) is 8.42 Å². The molecule has 0 aliphatic carbocycles. The van der Waals surface area contributed by atoms with Crippen molar-refractivity contribution in [2.75, 3.05) is 13.1 Å². The van der Waals surface area contributed by atoms with Gasteiger partial charge in [-0.1, -0.05) is 36.8 Å². The Morgan fingerprint density at radius 3 is 2.35 bits per heavy atom. The van der Waals surface area contributed by atoms with Crippen LogP contribution in [0.5, 0.6) is 0 Å². The van der Waals surface area contributed by atoms with Crippen LogP contribution in [0.4, 0.5) is 0 Å².